The first kappa shape index (κ1) is 14.3. The van der Waals surface area contributed by atoms with Crippen molar-refractivity contribution in [3.05, 3.63) is 54.4 Å². The summed E-state index contributed by atoms with van der Waals surface area (Å²) in [6.07, 6.45) is 3.43. The van der Waals surface area contributed by atoms with Crippen LogP contribution >= 0.6 is 11.6 Å². The number of carbonyl (C=O) groups is 1. The number of pyridine rings is 1. The first-order valence-electron chi connectivity index (χ1n) is 6.14. The zero-order valence-corrected chi connectivity index (χ0v) is 11.9. The van der Waals surface area contributed by atoms with Crippen LogP contribution in [0.25, 0.3) is 0 Å². The molecule has 104 valence electrons. The van der Waals surface area contributed by atoms with E-state index in [2.05, 4.69) is 4.98 Å². The molecule has 0 unspecified atom stereocenters. The fraction of sp³-hybridized carbons (Fsp3) is 0.200. The Bertz CT molecular complexity index is 558. The molecule has 0 aliphatic rings. The second kappa shape index (κ2) is 6.91. The average Bonchev–Trinajstić information content (AvgIpc) is 2.53. The number of anilines is 1. The molecule has 20 heavy (non-hydrogen) atoms. The van der Waals surface area contributed by atoms with Crippen molar-refractivity contribution in [3.63, 3.8) is 0 Å². The SMILES string of the molecule is COc1ccc(N(Cc2cccnc2)C(=O)CCl)cc1. The Morgan fingerprint density at radius 1 is 1.30 bits per heavy atom. The highest BCUT2D eigenvalue weighted by atomic mass is 35.5. The number of alkyl halides is 1. The van der Waals surface area contributed by atoms with Gasteiger partial charge in [0, 0.05) is 18.1 Å². The smallest absolute Gasteiger partial charge is 0.242 e. The fourth-order valence-corrected chi connectivity index (χ4v) is 1.98. The Labute approximate surface area is 123 Å². The van der Waals surface area contributed by atoms with Crippen molar-refractivity contribution in [3.8, 4) is 5.75 Å². The molecule has 0 atom stereocenters. The van der Waals surface area contributed by atoms with Gasteiger partial charge in [0.2, 0.25) is 5.91 Å². The second-order valence-corrected chi connectivity index (χ2v) is 4.44. The molecule has 0 saturated carbocycles. The second-order valence-electron chi connectivity index (χ2n) is 4.17. The molecule has 0 aliphatic heterocycles. The van der Waals surface area contributed by atoms with Crippen molar-refractivity contribution >= 4 is 23.2 Å². The van der Waals surface area contributed by atoms with Crippen LogP contribution in [-0.2, 0) is 11.3 Å². The van der Waals surface area contributed by atoms with E-state index in [4.69, 9.17) is 16.3 Å². The first-order chi connectivity index (χ1) is 9.74. The lowest BCUT2D eigenvalue weighted by molar-refractivity contribution is -0.116. The molecule has 1 aromatic heterocycles. The summed E-state index contributed by atoms with van der Waals surface area (Å²) in [6, 6.07) is 11.1. The molecule has 0 radical (unpaired) electrons. The number of methoxy groups -OCH3 is 1. The van der Waals surface area contributed by atoms with Gasteiger partial charge in [-0.3, -0.25) is 9.78 Å². The van der Waals surface area contributed by atoms with E-state index in [9.17, 15) is 4.79 Å². The lowest BCUT2D eigenvalue weighted by Crippen LogP contribution is -2.31. The predicted molar refractivity (Wildman–Crippen MR) is 79.1 cm³/mol. The standard InChI is InChI=1S/C15H15ClN2O2/c1-20-14-6-4-13(5-7-14)18(15(19)9-16)11-12-3-2-8-17-10-12/h2-8,10H,9,11H2,1H3. The molecule has 0 saturated heterocycles. The van der Waals surface area contributed by atoms with Crippen LogP contribution in [0.3, 0.4) is 0 Å². The van der Waals surface area contributed by atoms with Crippen LogP contribution in [0.4, 0.5) is 5.69 Å². The van der Waals surface area contributed by atoms with Gasteiger partial charge in [-0.15, -0.1) is 11.6 Å². The quantitative estimate of drug-likeness (QED) is 0.795. The minimum absolute atomic E-state index is 0.0632. The molecule has 2 rings (SSSR count). The molecule has 0 fully saturated rings. The summed E-state index contributed by atoms with van der Waals surface area (Å²) in [5.41, 5.74) is 1.72. The Balaban J connectivity index is 2.25. The fourth-order valence-electron chi connectivity index (χ4n) is 1.83. The van der Waals surface area contributed by atoms with Crippen LogP contribution in [-0.4, -0.2) is 23.9 Å². The van der Waals surface area contributed by atoms with Gasteiger partial charge in [-0.2, -0.15) is 0 Å². The summed E-state index contributed by atoms with van der Waals surface area (Å²) in [4.78, 5) is 17.7. The van der Waals surface area contributed by atoms with Crippen LogP contribution in [0.2, 0.25) is 0 Å². The number of amides is 1. The lowest BCUT2D eigenvalue weighted by Gasteiger charge is -2.22. The lowest BCUT2D eigenvalue weighted by atomic mass is 10.2. The van der Waals surface area contributed by atoms with Crippen molar-refractivity contribution < 1.29 is 9.53 Å². The number of hydrogen-bond donors (Lipinski definition) is 0. The van der Waals surface area contributed by atoms with E-state index in [-0.39, 0.29) is 11.8 Å². The molecule has 2 aromatic rings. The zero-order chi connectivity index (χ0) is 14.4. The Kier molecular flexibility index (Phi) is 4.96. The largest absolute Gasteiger partial charge is 0.497 e. The maximum atomic E-state index is 12.0. The van der Waals surface area contributed by atoms with Gasteiger partial charge in [-0.05, 0) is 35.9 Å². The van der Waals surface area contributed by atoms with E-state index in [1.807, 2.05) is 36.4 Å². The van der Waals surface area contributed by atoms with Gasteiger partial charge in [-0.1, -0.05) is 6.07 Å². The Morgan fingerprint density at radius 2 is 2.05 bits per heavy atom. The summed E-state index contributed by atoms with van der Waals surface area (Å²) in [6.45, 7) is 0.436. The molecule has 5 heteroatoms. The minimum Gasteiger partial charge on any atom is -0.497 e. The number of nitrogens with zero attached hydrogens (tertiary/aromatic N) is 2. The molecular weight excluding hydrogens is 276 g/mol. The van der Waals surface area contributed by atoms with E-state index in [1.165, 1.54) is 0 Å². The van der Waals surface area contributed by atoms with E-state index < -0.39 is 0 Å². The van der Waals surface area contributed by atoms with Crippen molar-refractivity contribution in [1.29, 1.82) is 0 Å². The molecule has 1 amide bonds. The summed E-state index contributed by atoms with van der Waals surface area (Å²) >= 11 is 5.69. The third kappa shape index (κ3) is 3.48. The van der Waals surface area contributed by atoms with Crippen molar-refractivity contribution in [2.24, 2.45) is 0 Å². The number of benzene rings is 1. The molecule has 0 aliphatic carbocycles. The van der Waals surface area contributed by atoms with Gasteiger partial charge >= 0.3 is 0 Å². The average molecular weight is 291 g/mol. The number of halogens is 1. The number of carbonyl (C=O) groups excluding carboxylic acids is 1. The summed E-state index contributed by atoms with van der Waals surface area (Å²) in [5.74, 6) is 0.529. The molecule has 4 nitrogen and oxygen atoms in total. The third-order valence-corrected chi connectivity index (χ3v) is 3.09. The van der Waals surface area contributed by atoms with E-state index >= 15 is 0 Å². The third-order valence-electron chi connectivity index (χ3n) is 2.86. The molecular formula is C15H15ClN2O2. The number of rotatable bonds is 5. The highest BCUT2D eigenvalue weighted by Gasteiger charge is 2.15. The van der Waals surface area contributed by atoms with E-state index in [0.717, 1.165) is 17.0 Å². The summed E-state index contributed by atoms with van der Waals surface area (Å²) in [5, 5.41) is 0. The number of hydrogen-bond acceptors (Lipinski definition) is 3. The van der Waals surface area contributed by atoms with Gasteiger partial charge in [-0.25, -0.2) is 0 Å². The highest BCUT2D eigenvalue weighted by molar-refractivity contribution is 6.29. The van der Waals surface area contributed by atoms with Gasteiger partial charge in [0.05, 0.1) is 13.7 Å². The van der Waals surface area contributed by atoms with Crippen LogP contribution in [0.15, 0.2) is 48.8 Å². The molecule has 1 aromatic carbocycles. The zero-order valence-electron chi connectivity index (χ0n) is 11.1. The Hall–Kier alpha value is -2.07. The summed E-state index contributed by atoms with van der Waals surface area (Å²) in [7, 11) is 1.60. The molecule has 0 N–H and O–H groups in total. The van der Waals surface area contributed by atoms with E-state index in [0.29, 0.717) is 6.54 Å². The predicted octanol–water partition coefficient (Wildman–Crippen LogP) is 2.86. The molecule has 0 spiro atoms. The van der Waals surface area contributed by atoms with Crippen LogP contribution in [0.5, 0.6) is 5.75 Å². The van der Waals surface area contributed by atoms with Gasteiger partial charge in [0.1, 0.15) is 11.6 Å². The van der Waals surface area contributed by atoms with Crippen LogP contribution < -0.4 is 9.64 Å². The molecule has 0 bridgehead atoms. The van der Waals surface area contributed by atoms with Gasteiger partial charge in [0.25, 0.3) is 0 Å². The number of ether oxygens (including phenoxy) is 1. The van der Waals surface area contributed by atoms with Crippen molar-refractivity contribution in [2.75, 3.05) is 17.9 Å². The van der Waals surface area contributed by atoms with Crippen LogP contribution in [0, 0.1) is 0 Å². The maximum Gasteiger partial charge on any atom is 0.242 e. The first-order valence-corrected chi connectivity index (χ1v) is 6.67. The maximum absolute atomic E-state index is 12.0. The van der Waals surface area contributed by atoms with Crippen molar-refractivity contribution in [2.45, 2.75) is 6.54 Å². The minimum atomic E-state index is -0.152. The van der Waals surface area contributed by atoms with Crippen molar-refractivity contribution in [1.82, 2.24) is 4.98 Å². The van der Waals surface area contributed by atoms with Gasteiger partial charge in [0.15, 0.2) is 0 Å². The Morgan fingerprint density at radius 3 is 2.60 bits per heavy atom. The van der Waals surface area contributed by atoms with Crippen LogP contribution in [0.1, 0.15) is 5.56 Å². The monoisotopic (exact) mass is 290 g/mol. The summed E-state index contributed by atoms with van der Waals surface area (Å²) < 4.78 is 5.11. The number of aromatic nitrogens is 1. The van der Waals surface area contributed by atoms with E-state index in [1.54, 1.807) is 24.4 Å². The highest BCUT2D eigenvalue weighted by Crippen LogP contribution is 2.21. The topological polar surface area (TPSA) is 42.4 Å². The van der Waals surface area contributed by atoms with Gasteiger partial charge < -0.3 is 9.64 Å². The normalized spacial score (nSPS) is 10.1. The molecule has 1 heterocycles.